The third-order valence-electron chi connectivity index (χ3n) is 1.45. The number of nitrogens with zero attached hydrogens (tertiary/aromatic N) is 2. The summed E-state index contributed by atoms with van der Waals surface area (Å²) in [4.78, 5) is 30.2. The van der Waals surface area contributed by atoms with E-state index >= 15 is 0 Å². The lowest BCUT2D eigenvalue weighted by atomic mass is 10.2. The molecule has 8 nitrogen and oxygen atoms in total. The fourth-order valence-electron chi connectivity index (χ4n) is 0.717. The van der Waals surface area contributed by atoms with E-state index in [1.807, 2.05) is 0 Å². The highest BCUT2D eigenvalue weighted by Gasteiger charge is 2.69. The van der Waals surface area contributed by atoms with Crippen LogP contribution in [0.5, 0.6) is 0 Å². The quantitative estimate of drug-likeness (QED) is 0.158. The molecule has 0 saturated heterocycles. The van der Waals surface area contributed by atoms with Crippen molar-refractivity contribution in [2.75, 3.05) is 14.2 Å². The second-order valence-electron chi connectivity index (χ2n) is 2.15. The molecule has 86 valence electrons. The van der Waals surface area contributed by atoms with E-state index in [9.17, 15) is 28.7 Å². The number of methoxy groups -OCH3 is 2. The van der Waals surface area contributed by atoms with Gasteiger partial charge >= 0.3 is 17.6 Å². The fourth-order valence-corrected chi connectivity index (χ4v) is 0.717. The zero-order chi connectivity index (χ0) is 12.2. The third kappa shape index (κ3) is 1.83. The van der Waals surface area contributed by atoms with Crippen molar-refractivity contribution in [1.29, 1.82) is 0 Å². The monoisotopic (exact) mass is 228 g/mol. The Labute approximate surface area is 81.4 Å². The summed E-state index contributed by atoms with van der Waals surface area (Å²) in [6.45, 7) is 0. The smallest absolute Gasteiger partial charge is 0.462 e. The van der Waals surface area contributed by atoms with Crippen LogP contribution in [0.15, 0.2) is 0 Å². The first kappa shape index (κ1) is 13.2. The second-order valence-corrected chi connectivity index (χ2v) is 2.15. The molecule has 0 heterocycles. The van der Waals surface area contributed by atoms with Gasteiger partial charge in [0.25, 0.3) is 0 Å². The van der Waals surface area contributed by atoms with Crippen LogP contribution in [0.4, 0.5) is 8.96 Å². The minimum atomic E-state index is -3.98. The topological polar surface area (TPSA) is 99.0 Å². The summed E-state index contributed by atoms with van der Waals surface area (Å²) in [7, 11) is 1.24. The lowest BCUT2D eigenvalue weighted by Gasteiger charge is -2.18. The highest BCUT2D eigenvalue weighted by molar-refractivity contribution is 6.02. The lowest BCUT2D eigenvalue weighted by molar-refractivity contribution is -0.603. The molecule has 10 heteroatoms. The predicted octanol–water partition coefficient (Wildman–Crippen LogP) is -0.624. The minimum absolute atomic E-state index is 0.618. The molecule has 0 amide bonds. The zero-order valence-electron chi connectivity index (χ0n) is 7.60. The van der Waals surface area contributed by atoms with Gasteiger partial charge in [0, 0.05) is 0 Å². The maximum Gasteiger partial charge on any atom is 0.519 e. The van der Waals surface area contributed by atoms with Gasteiger partial charge in [0.15, 0.2) is 0 Å². The number of hydrogen-bond donors (Lipinski definition) is 0. The number of esters is 2. The van der Waals surface area contributed by atoms with Gasteiger partial charge in [0.1, 0.15) is 5.34 Å². The summed E-state index contributed by atoms with van der Waals surface area (Å²) in [5, 5.41) is 8.17. The van der Waals surface area contributed by atoms with Crippen LogP contribution in [0.3, 0.4) is 0 Å². The highest BCUT2D eigenvalue weighted by Crippen LogP contribution is 2.21. The minimum Gasteiger partial charge on any atom is -0.462 e. The van der Waals surface area contributed by atoms with Crippen molar-refractivity contribution < 1.29 is 32.9 Å². The molecule has 15 heavy (non-hydrogen) atoms. The van der Waals surface area contributed by atoms with E-state index in [0.717, 1.165) is 0 Å². The summed E-state index contributed by atoms with van der Waals surface area (Å²) in [5.74, 6) is -4.10. The molecule has 0 saturated carbocycles. The average molecular weight is 228 g/mol. The molecule has 0 aliphatic carbocycles. The fraction of sp³-hybridized carbons (Fsp3) is 0.600. The number of carbonyl (C=O) groups is 2. The van der Waals surface area contributed by atoms with Crippen molar-refractivity contribution in [3.05, 3.63) is 10.1 Å². The Morgan fingerprint density at radius 1 is 1.27 bits per heavy atom. The molecule has 0 bridgehead atoms. The molecule has 0 aromatic carbocycles. The normalized spacial score (nSPS) is 11.0. The Bertz CT molecular complexity index is 277. The van der Waals surface area contributed by atoms with Crippen molar-refractivity contribution >= 4 is 11.9 Å². The number of rotatable bonds is 4. The van der Waals surface area contributed by atoms with Crippen molar-refractivity contribution in [2.24, 2.45) is 0 Å². The van der Waals surface area contributed by atoms with Gasteiger partial charge in [-0.05, 0) is 0 Å². The summed E-state index contributed by atoms with van der Waals surface area (Å²) < 4.78 is 32.1. The van der Waals surface area contributed by atoms with Crippen LogP contribution in [0, 0.1) is 10.1 Å². The first-order chi connectivity index (χ1) is 6.85. The van der Waals surface area contributed by atoms with Crippen LogP contribution in [0.25, 0.3) is 0 Å². The van der Waals surface area contributed by atoms with E-state index in [1.54, 1.807) is 0 Å². The third-order valence-corrected chi connectivity index (χ3v) is 1.45. The van der Waals surface area contributed by atoms with E-state index in [0.29, 0.717) is 14.2 Å². The van der Waals surface area contributed by atoms with Crippen molar-refractivity contribution in [3.8, 4) is 0 Å². The summed E-state index contributed by atoms with van der Waals surface area (Å²) in [6.07, 6.45) is 0. The van der Waals surface area contributed by atoms with Gasteiger partial charge in [-0.25, -0.2) is 9.59 Å². The molecule has 0 aromatic heterocycles. The van der Waals surface area contributed by atoms with Crippen LogP contribution in [0.1, 0.15) is 0 Å². The van der Waals surface area contributed by atoms with Gasteiger partial charge in [-0.3, -0.25) is 10.1 Å². The second kappa shape index (κ2) is 4.59. The predicted molar refractivity (Wildman–Crippen MR) is 37.8 cm³/mol. The molecule has 0 aliphatic rings. The van der Waals surface area contributed by atoms with E-state index < -0.39 is 27.9 Å². The number of carbonyl (C=O) groups excluding carboxylic acids is 2. The first-order valence-corrected chi connectivity index (χ1v) is 3.28. The largest absolute Gasteiger partial charge is 0.519 e. The van der Waals surface area contributed by atoms with Gasteiger partial charge in [-0.15, -0.1) is 0 Å². The Morgan fingerprint density at radius 3 is 1.73 bits per heavy atom. The molecule has 0 unspecified atom stereocenters. The van der Waals surface area contributed by atoms with Gasteiger partial charge in [0.2, 0.25) is 0 Å². The molecule has 0 atom stereocenters. The Kier molecular flexibility index (Phi) is 4.03. The Balaban J connectivity index is 5.58. The van der Waals surface area contributed by atoms with Gasteiger partial charge in [0.05, 0.1) is 19.1 Å². The van der Waals surface area contributed by atoms with Gasteiger partial charge < -0.3 is 9.47 Å². The number of nitro groups is 1. The van der Waals surface area contributed by atoms with Crippen LogP contribution < -0.4 is 0 Å². The lowest BCUT2D eigenvalue weighted by Crippen LogP contribution is -2.61. The number of hydrogen-bond acceptors (Lipinski definition) is 7. The van der Waals surface area contributed by atoms with Crippen molar-refractivity contribution in [1.82, 2.24) is 5.34 Å². The van der Waals surface area contributed by atoms with Crippen LogP contribution in [-0.4, -0.2) is 42.1 Å². The molecule has 0 N–H and O–H groups in total. The SMILES string of the molecule is COC(=O)C(C(=O)OC)(N(F)F)[N+](=O)[O-]. The maximum absolute atomic E-state index is 12.3. The van der Waals surface area contributed by atoms with E-state index in [-0.39, 0.29) is 0 Å². The maximum atomic E-state index is 12.3. The van der Waals surface area contributed by atoms with E-state index in [2.05, 4.69) is 9.47 Å². The standard InChI is InChI=1S/C5H6F2N2O6/c1-14-3(10)5(8(6)7,9(12)13)4(11)15-2/h1-2H3. The van der Waals surface area contributed by atoms with Gasteiger partial charge in [-0.1, -0.05) is 8.96 Å². The summed E-state index contributed by atoms with van der Waals surface area (Å²) >= 11 is 0. The van der Waals surface area contributed by atoms with Crippen LogP contribution in [0.2, 0.25) is 0 Å². The van der Waals surface area contributed by atoms with Crippen molar-refractivity contribution in [3.63, 3.8) is 0 Å². The number of ether oxygens (including phenoxy) is 2. The molecule has 0 spiro atoms. The summed E-state index contributed by atoms with van der Waals surface area (Å²) in [6, 6.07) is 0. The molecule has 0 aliphatic heterocycles. The number of halogens is 2. The Hall–Kier alpha value is -1.84. The van der Waals surface area contributed by atoms with Crippen LogP contribution >= 0.6 is 0 Å². The molecule has 0 radical (unpaired) electrons. The highest BCUT2D eigenvalue weighted by atomic mass is 19.4. The first-order valence-electron chi connectivity index (χ1n) is 3.28. The van der Waals surface area contributed by atoms with E-state index in [1.165, 1.54) is 0 Å². The van der Waals surface area contributed by atoms with Crippen molar-refractivity contribution in [2.45, 2.75) is 5.66 Å². The molecule has 0 aromatic rings. The Morgan fingerprint density at radius 2 is 1.60 bits per heavy atom. The molecular weight excluding hydrogens is 222 g/mol. The van der Waals surface area contributed by atoms with Crippen LogP contribution in [-0.2, 0) is 19.1 Å². The molecular formula is C5H6F2N2O6. The van der Waals surface area contributed by atoms with Gasteiger partial charge in [-0.2, -0.15) is 0 Å². The zero-order valence-corrected chi connectivity index (χ0v) is 7.60. The molecule has 0 fully saturated rings. The average Bonchev–Trinajstić information content (AvgIpc) is 2.16. The van der Waals surface area contributed by atoms with E-state index in [4.69, 9.17) is 0 Å². The molecule has 0 rings (SSSR count). The summed E-state index contributed by atoms with van der Waals surface area (Å²) in [5.41, 5.74) is -3.98.